The van der Waals surface area contributed by atoms with Crippen LogP contribution in [0.4, 0.5) is 11.5 Å². The molecule has 3 rings (SSSR count). The predicted octanol–water partition coefficient (Wildman–Crippen LogP) is 4.30. The van der Waals surface area contributed by atoms with Crippen LogP contribution in [-0.4, -0.2) is 31.8 Å². The van der Waals surface area contributed by atoms with E-state index >= 15 is 0 Å². The molecule has 0 spiro atoms. The molecule has 2 heterocycles. The zero-order valence-electron chi connectivity index (χ0n) is 13.3. The number of carbonyl (C=O) groups is 1. The first-order valence-electron chi connectivity index (χ1n) is 7.24. The standard InChI is InChI=1S/C15H9Br2N5O4S/c16-9-5-11(17)13(18-6-9)19-12(23)7-27-15-21-20-14(26-15)8-1-3-10(4-2-8)22(24)25/h1-6H,7H2,(H,18,19,23). The summed E-state index contributed by atoms with van der Waals surface area (Å²) in [5.74, 6) is 0.378. The van der Waals surface area contributed by atoms with Crippen molar-refractivity contribution in [3.8, 4) is 11.5 Å². The molecule has 1 amide bonds. The number of nitro benzene ring substituents is 1. The second-order valence-corrected chi connectivity index (χ2v) is 7.69. The first-order valence-corrected chi connectivity index (χ1v) is 9.81. The van der Waals surface area contributed by atoms with Gasteiger partial charge in [-0.25, -0.2) is 4.98 Å². The molecule has 1 aromatic carbocycles. The van der Waals surface area contributed by atoms with Gasteiger partial charge in [0.05, 0.1) is 15.1 Å². The highest BCUT2D eigenvalue weighted by atomic mass is 79.9. The van der Waals surface area contributed by atoms with Crippen molar-refractivity contribution in [2.75, 3.05) is 11.1 Å². The van der Waals surface area contributed by atoms with Crippen LogP contribution in [0.15, 0.2) is 55.1 Å². The number of hydrogen-bond acceptors (Lipinski definition) is 8. The van der Waals surface area contributed by atoms with E-state index in [9.17, 15) is 14.9 Å². The van der Waals surface area contributed by atoms with Crippen LogP contribution in [0.3, 0.4) is 0 Å². The summed E-state index contributed by atoms with van der Waals surface area (Å²) >= 11 is 7.67. The third-order valence-corrected chi connectivity index (χ3v) is 4.98. The van der Waals surface area contributed by atoms with Crippen LogP contribution in [-0.2, 0) is 4.79 Å². The fourth-order valence-corrected chi connectivity index (χ4v) is 3.56. The molecule has 9 nitrogen and oxygen atoms in total. The monoisotopic (exact) mass is 513 g/mol. The van der Waals surface area contributed by atoms with Crippen molar-refractivity contribution in [1.29, 1.82) is 0 Å². The van der Waals surface area contributed by atoms with E-state index < -0.39 is 4.92 Å². The molecule has 0 saturated carbocycles. The van der Waals surface area contributed by atoms with Gasteiger partial charge in [0.1, 0.15) is 5.82 Å². The van der Waals surface area contributed by atoms with Crippen LogP contribution < -0.4 is 5.32 Å². The van der Waals surface area contributed by atoms with E-state index in [1.165, 1.54) is 24.3 Å². The number of hydrogen-bond donors (Lipinski definition) is 1. The number of aromatic nitrogens is 3. The van der Waals surface area contributed by atoms with E-state index in [1.54, 1.807) is 12.3 Å². The lowest BCUT2D eigenvalue weighted by atomic mass is 10.2. The third kappa shape index (κ3) is 5.11. The molecular weight excluding hydrogens is 506 g/mol. The van der Waals surface area contributed by atoms with E-state index in [-0.39, 0.29) is 28.5 Å². The Bertz CT molecular complexity index is 996. The van der Waals surface area contributed by atoms with Crippen molar-refractivity contribution >= 4 is 61.0 Å². The zero-order valence-corrected chi connectivity index (χ0v) is 17.2. The smallest absolute Gasteiger partial charge is 0.277 e. The van der Waals surface area contributed by atoms with Crippen LogP contribution in [0, 0.1) is 10.1 Å². The van der Waals surface area contributed by atoms with Crippen LogP contribution in [0.2, 0.25) is 0 Å². The summed E-state index contributed by atoms with van der Waals surface area (Å²) in [5.41, 5.74) is 0.518. The lowest BCUT2D eigenvalue weighted by Gasteiger charge is -2.05. The lowest BCUT2D eigenvalue weighted by Crippen LogP contribution is -2.15. The van der Waals surface area contributed by atoms with Crippen LogP contribution in [0.1, 0.15) is 0 Å². The molecule has 1 N–H and O–H groups in total. The Morgan fingerprint density at radius 2 is 2.00 bits per heavy atom. The molecule has 0 fully saturated rings. The van der Waals surface area contributed by atoms with Crippen molar-refractivity contribution in [2.24, 2.45) is 0 Å². The van der Waals surface area contributed by atoms with Crippen molar-refractivity contribution in [2.45, 2.75) is 5.22 Å². The Kier molecular flexibility index (Phi) is 6.19. The Hall–Kier alpha value is -2.31. The zero-order chi connectivity index (χ0) is 19.4. The van der Waals surface area contributed by atoms with Gasteiger partial charge in [0, 0.05) is 28.4 Å². The van der Waals surface area contributed by atoms with Gasteiger partial charge in [-0.3, -0.25) is 14.9 Å². The van der Waals surface area contributed by atoms with Gasteiger partial charge in [-0.15, -0.1) is 10.2 Å². The SMILES string of the molecule is O=C(CSc1nnc(-c2ccc([N+](=O)[O-])cc2)o1)Nc1ncc(Br)cc1Br. The normalized spacial score (nSPS) is 10.6. The molecule has 0 atom stereocenters. The van der Waals surface area contributed by atoms with Gasteiger partial charge in [0.15, 0.2) is 0 Å². The summed E-state index contributed by atoms with van der Waals surface area (Å²) < 4.78 is 6.90. The highest BCUT2D eigenvalue weighted by molar-refractivity contribution is 9.11. The van der Waals surface area contributed by atoms with Gasteiger partial charge in [-0.2, -0.15) is 0 Å². The number of rotatable bonds is 6. The van der Waals surface area contributed by atoms with Gasteiger partial charge in [0.25, 0.3) is 10.9 Å². The van der Waals surface area contributed by atoms with E-state index in [1.807, 2.05) is 0 Å². The average molecular weight is 515 g/mol. The maximum Gasteiger partial charge on any atom is 0.277 e. The average Bonchev–Trinajstić information content (AvgIpc) is 3.11. The number of benzene rings is 1. The lowest BCUT2D eigenvalue weighted by molar-refractivity contribution is -0.384. The number of carbonyl (C=O) groups excluding carboxylic acids is 1. The maximum absolute atomic E-state index is 12.0. The molecule has 0 unspecified atom stereocenters. The molecule has 0 bridgehead atoms. The van der Waals surface area contributed by atoms with Crippen molar-refractivity contribution in [3.05, 3.63) is 55.6 Å². The summed E-state index contributed by atoms with van der Waals surface area (Å²) in [6.07, 6.45) is 1.57. The van der Waals surface area contributed by atoms with Gasteiger partial charge in [0.2, 0.25) is 11.8 Å². The fourth-order valence-electron chi connectivity index (χ4n) is 1.91. The molecule has 12 heteroatoms. The number of thioether (sulfide) groups is 1. The number of nitro groups is 1. The molecule has 2 aromatic heterocycles. The molecule has 0 aliphatic rings. The second-order valence-electron chi connectivity index (χ2n) is 5.00. The summed E-state index contributed by atoms with van der Waals surface area (Å²) in [6.45, 7) is 0. The minimum Gasteiger partial charge on any atom is -0.411 e. The largest absolute Gasteiger partial charge is 0.411 e. The first-order chi connectivity index (χ1) is 12.9. The minimum absolute atomic E-state index is 0.0303. The number of anilines is 1. The minimum atomic E-state index is -0.490. The number of halogens is 2. The summed E-state index contributed by atoms with van der Waals surface area (Å²) in [4.78, 5) is 26.3. The number of non-ortho nitro benzene ring substituents is 1. The van der Waals surface area contributed by atoms with Gasteiger partial charge in [-0.05, 0) is 50.1 Å². The highest BCUT2D eigenvalue weighted by Crippen LogP contribution is 2.26. The molecule has 0 aliphatic heterocycles. The third-order valence-electron chi connectivity index (χ3n) is 3.12. The summed E-state index contributed by atoms with van der Waals surface area (Å²) in [6, 6.07) is 7.50. The molecule has 3 aromatic rings. The second kappa shape index (κ2) is 8.59. The molecule has 0 aliphatic carbocycles. The molecular formula is C15H9Br2N5O4S. The van der Waals surface area contributed by atoms with E-state index in [0.29, 0.717) is 15.9 Å². The van der Waals surface area contributed by atoms with Crippen molar-refractivity contribution in [3.63, 3.8) is 0 Å². The van der Waals surface area contributed by atoms with Crippen LogP contribution in [0.25, 0.3) is 11.5 Å². The van der Waals surface area contributed by atoms with E-state index in [2.05, 4.69) is 52.4 Å². The maximum atomic E-state index is 12.0. The highest BCUT2D eigenvalue weighted by Gasteiger charge is 2.14. The van der Waals surface area contributed by atoms with Gasteiger partial charge in [-0.1, -0.05) is 11.8 Å². The topological polar surface area (TPSA) is 124 Å². The van der Waals surface area contributed by atoms with Gasteiger partial charge >= 0.3 is 0 Å². The first kappa shape index (κ1) is 19.5. The number of pyridine rings is 1. The Labute approximate surface area is 173 Å². The van der Waals surface area contributed by atoms with Crippen LogP contribution >= 0.6 is 43.6 Å². The van der Waals surface area contributed by atoms with E-state index in [4.69, 9.17) is 4.42 Å². The van der Waals surface area contributed by atoms with Crippen molar-refractivity contribution < 1.29 is 14.1 Å². The quantitative estimate of drug-likeness (QED) is 0.293. The summed E-state index contributed by atoms with van der Waals surface area (Å²) in [5, 5.41) is 21.3. The Morgan fingerprint density at radius 1 is 1.26 bits per heavy atom. The molecule has 27 heavy (non-hydrogen) atoms. The number of nitrogens with zero attached hydrogens (tertiary/aromatic N) is 4. The molecule has 138 valence electrons. The predicted molar refractivity (Wildman–Crippen MR) is 105 cm³/mol. The fraction of sp³-hybridized carbons (Fsp3) is 0.0667. The Balaban J connectivity index is 1.59. The van der Waals surface area contributed by atoms with Gasteiger partial charge < -0.3 is 9.73 Å². The van der Waals surface area contributed by atoms with Crippen molar-refractivity contribution in [1.82, 2.24) is 15.2 Å². The van der Waals surface area contributed by atoms with E-state index in [0.717, 1.165) is 16.2 Å². The number of nitrogens with one attached hydrogen (secondary N) is 1. The molecule has 0 saturated heterocycles. The van der Waals surface area contributed by atoms with Crippen LogP contribution in [0.5, 0.6) is 0 Å². The molecule has 0 radical (unpaired) electrons. The Morgan fingerprint density at radius 3 is 2.67 bits per heavy atom. The summed E-state index contributed by atoms with van der Waals surface area (Å²) in [7, 11) is 0. The number of amides is 1.